The first kappa shape index (κ1) is 92.5. The first-order valence-corrected chi connectivity index (χ1v) is 35.8. The number of aliphatic hydroxyl groups is 21. The van der Waals surface area contributed by atoms with Crippen molar-refractivity contribution in [3.8, 4) is 0 Å². The molecule has 8 rings (SSSR count). The van der Waals surface area contributed by atoms with E-state index in [2.05, 4.69) is 16.0 Å². The summed E-state index contributed by atoms with van der Waals surface area (Å²) in [6.45, 7) is -3.16. The smallest absolute Gasteiger partial charge is 0.320 e. The molecule has 1 aromatic rings. The molecule has 7 aliphatic heterocycles. The molecule has 32 atom stereocenters. The summed E-state index contributed by atoms with van der Waals surface area (Å²) in [6.07, 6.45) is -52.0. The van der Waals surface area contributed by atoms with Crippen LogP contribution in [0, 0.1) is 0 Å². The molecule has 26 N–H and O–H groups in total. The van der Waals surface area contributed by atoms with Gasteiger partial charge < -0.3 is 195 Å². The molecule has 0 aliphatic carbocycles. The van der Waals surface area contributed by atoms with Crippen molar-refractivity contribution in [2.45, 2.75) is 229 Å². The third-order valence-electron chi connectivity index (χ3n) is 19.2. The van der Waals surface area contributed by atoms with Gasteiger partial charge in [-0.05, 0) is 74.6 Å². The molecule has 6 fully saturated rings. The van der Waals surface area contributed by atoms with Crippen LogP contribution in [0.2, 0.25) is 0 Å². The van der Waals surface area contributed by atoms with Gasteiger partial charge in [-0.1, -0.05) is 6.07 Å². The number of pyridine rings is 1. The van der Waals surface area contributed by atoms with Crippen LogP contribution >= 0.6 is 36.7 Å². The van der Waals surface area contributed by atoms with E-state index in [1.54, 1.807) is 28.0 Å². The summed E-state index contributed by atoms with van der Waals surface area (Å²) in [5.74, 6) is -2.50. The van der Waals surface area contributed by atoms with Gasteiger partial charge in [-0.15, -0.1) is 0 Å². The van der Waals surface area contributed by atoms with Crippen LogP contribution < -0.4 is 16.0 Å². The molecular formula is C61H99MnN7O37S3. The predicted molar refractivity (Wildman–Crippen MR) is 362 cm³/mol. The molecule has 7 aliphatic rings. The third kappa shape index (κ3) is 24.9. The van der Waals surface area contributed by atoms with E-state index in [0.717, 1.165) is 0 Å². The molecule has 44 nitrogen and oxygen atoms in total. The Balaban J connectivity index is 0.0000165. The average molecular weight is 1670 g/mol. The summed E-state index contributed by atoms with van der Waals surface area (Å²) >= 11 is 16.2. The average Bonchev–Trinajstić information content (AvgIpc) is 0.815. The monoisotopic (exact) mass is 1670 g/mol. The number of carboxylic acid groups (broad SMARTS) is 2. The molecule has 1 radical (unpaired) electrons. The number of rotatable bonds is 29. The van der Waals surface area contributed by atoms with Gasteiger partial charge in [-0.2, -0.15) is 0 Å². The summed E-state index contributed by atoms with van der Waals surface area (Å²) in [6, 6.07) is 2.49. The first-order valence-electron chi connectivity index (χ1n) is 34.6. The largest absolute Gasteiger partial charge is 0.480 e. The van der Waals surface area contributed by atoms with E-state index in [1.807, 2.05) is 4.90 Å². The maximum atomic E-state index is 13.3. The third-order valence-corrected chi connectivity index (χ3v) is 20.0. The van der Waals surface area contributed by atoms with Gasteiger partial charge in [0.25, 0.3) is 15.5 Å². The molecule has 0 aromatic carbocycles. The van der Waals surface area contributed by atoms with E-state index < -0.39 is 248 Å². The minimum absolute atomic E-state index is 0. The number of fused-ring (bicyclic) bond motifs is 2. The van der Waals surface area contributed by atoms with Crippen LogP contribution in [-0.2, 0) is 96.6 Å². The van der Waals surface area contributed by atoms with Crippen molar-refractivity contribution in [1.82, 2.24) is 35.6 Å². The van der Waals surface area contributed by atoms with Crippen LogP contribution in [0.5, 0.6) is 0 Å². The molecule has 1 aromatic heterocycles. The molecule has 48 heteroatoms. The van der Waals surface area contributed by atoms with Crippen LogP contribution in [0.3, 0.4) is 0 Å². The summed E-state index contributed by atoms with van der Waals surface area (Å²) < 4.78 is 65.6. The molecule has 2 bridgehead atoms. The van der Waals surface area contributed by atoms with E-state index in [4.69, 9.17) is 98.5 Å². The number of carbonyl (C=O) groups is 2. The maximum absolute atomic E-state index is 13.3. The van der Waals surface area contributed by atoms with Crippen molar-refractivity contribution < 1.29 is 201 Å². The van der Waals surface area contributed by atoms with Gasteiger partial charge in [0.1, 0.15) is 178 Å². The Morgan fingerprint density at radius 3 is 0.991 bits per heavy atom. The van der Waals surface area contributed by atoms with E-state index in [-0.39, 0.29) is 111 Å². The number of ether oxygens (including phenoxy) is 12. The van der Waals surface area contributed by atoms with Gasteiger partial charge in [0.15, 0.2) is 37.7 Å². The van der Waals surface area contributed by atoms with Gasteiger partial charge in [0.2, 0.25) is 0 Å². The fourth-order valence-electron chi connectivity index (χ4n) is 12.7. The number of thiocarbonyl (C=S) groups is 3. The predicted octanol–water partition coefficient (Wildman–Crippen LogP) is -14.4. The second-order valence-electron chi connectivity index (χ2n) is 26.8. The Morgan fingerprint density at radius 1 is 0.404 bits per heavy atom. The zero-order chi connectivity index (χ0) is 79.1. The normalized spacial score (nSPS) is 39.2. The van der Waals surface area contributed by atoms with E-state index >= 15 is 0 Å². The van der Waals surface area contributed by atoms with Gasteiger partial charge in [0, 0.05) is 76.0 Å². The number of nitrogens with one attached hydrogen (secondary N) is 3. The van der Waals surface area contributed by atoms with Crippen molar-refractivity contribution in [3.63, 3.8) is 0 Å². The van der Waals surface area contributed by atoms with Crippen molar-refractivity contribution in [2.24, 2.45) is 0 Å². The van der Waals surface area contributed by atoms with Gasteiger partial charge in [-0.3, -0.25) is 24.4 Å². The molecule has 625 valence electrons. The Kier molecular flexibility index (Phi) is 36.8. The Labute approximate surface area is 648 Å². The number of aliphatic hydroxyl groups excluding tert-OH is 21. The molecular weight excluding hydrogens is 1570 g/mol. The van der Waals surface area contributed by atoms with Crippen LogP contribution in [0.25, 0.3) is 0 Å². The number of hydrogen-bond acceptors (Lipinski definition) is 42. The topological polar surface area (TPSA) is 669 Å². The minimum atomic E-state index is -1.91. The molecule has 0 spiro atoms. The molecule has 6 saturated heterocycles. The summed E-state index contributed by atoms with van der Waals surface area (Å²) in [4.78, 5) is 36.7. The van der Waals surface area contributed by atoms with E-state index in [0.29, 0.717) is 17.8 Å². The molecule has 8 heterocycles. The Hall–Kier alpha value is -3.64. The quantitative estimate of drug-likeness (QED) is 0.0201. The zero-order valence-electron chi connectivity index (χ0n) is 58.0. The molecule has 2 unspecified atom stereocenters. The SMILES string of the molecule is O=C(O)C(CCNC(=S)OC[C@H]1O[C@@H](OC[C@H]2O[C@@H](O)[C@H](O)[C@@H](O)[C@@H]2O)[C@H](O)[C@@H](O)[C@@H]1O)N1CCN(CCCNC(=S)OC[C@H]2O[C@@H](OC[C@H]3O[C@@H](O)[C@H](O)[C@@H](O)[C@@H]3O)[C@H](O)[C@@H](O)[C@@H]2O)CCN(C(CCNC(=S)OC[C@H]2O[C@@H](OC[C@H]3O[C@@H](O)[C@H](O)[C@@H](O)[C@@H]3O)[C@H](O)[C@@H](O)[C@@H]2O)C(=O)O)Cc2cccc(n2)C1.[Mn]. The van der Waals surface area contributed by atoms with E-state index in [9.17, 15) is 127 Å². The van der Waals surface area contributed by atoms with Crippen molar-refractivity contribution >= 4 is 64.1 Å². The fourth-order valence-corrected chi connectivity index (χ4v) is 13.2. The first-order chi connectivity index (χ1) is 51.1. The van der Waals surface area contributed by atoms with Crippen molar-refractivity contribution in [1.29, 1.82) is 0 Å². The van der Waals surface area contributed by atoms with Gasteiger partial charge >= 0.3 is 11.9 Å². The summed E-state index contributed by atoms with van der Waals surface area (Å²) in [7, 11) is 0. The second-order valence-corrected chi connectivity index (χ2v) is 27.9. The summed E-state index contributed by atoms with van der Waals surface area (Å²) in [5, 5.41) is 246. The second kappa shape index (κ2) is 43.4. The summed E-state index contributed by atoms with van der Waals surface area (Å²) in [5.41, 5.74) is 0.786. The van der Waals surface area contributed by atoms with Crippen LogP contribution in [0.1, 0.15) is 30.7 Å². The van der Waals surface area contributed by atoms with E-state index in [1.165, 1.54) is 0 Å². The fraction of sp³-hybridized carbons (Fsp3) is 0.836. The van der Waals surface area contributed by atoms with Crippen LogP contribution in [-0.4, -0.2) is 453 Å². The van der Waals surface area contributed by atoms with Crippen LogP contribution in [0.15, 0.2) is 18.2 Å². The van der Waals surface area contributed by atoms with Gasteiger partial charge in [-0.25, -0.2) is 0 Å². The maximum Gasteiger partial charge on any atom is 0.320 e. The Bertz CT molecular complexity index is 2870. The number of carboxylic acids is 2. The standard InChI is InChI=1S/C61H99N7O37S3.Mn/c69-33-27(100-53(91)45(81)39(33)75)17-94-56-48(84)42(78)36(72)30(103-56)20-97-59(106)62-7-2-10-66-11-13-67(25(51(87)88)5-8-63-60(107)98-21-31-37(73)43(79)49(85)57(104-31)95-18-28-34(70)40(76)46(82)54(92)101-28)15-23-3-1-4-24(65-23)16-68(14-12-66)26(52(89)90)6-9-64-61(108)99-22-32-38(74)44(80)50(86)58(105-32)96-19-29-35(71)41(77)47(83)55(93)102-29;/h1,3-4,25-50,53-58,69-86,91-93H,2,5-22H2,(H,62,106)(H,63,107)(H,64,108)(H,87,88)(H,89,90);/t25?,26?,27-,28-,29-,30-,31-,32-,33-,34-,35-,36-,37-,38-,39+,40+,41+,42+,43+,44+,45-,46-,47-,48-,49-,50-,53-,54-,55-,56-,57-,58-;/m1./s1. The van der Waals surface area contributed by atoms with Crippen molar-refractivity contribution in [2.75, 3.05) is 92.0 Å². The zero-order valence-corrected chi connectivity index (χ0v) is 61.7. The number of nitrogens with zero attached hydrogens (tertiary/aromatic N) is 4. The molecule has 0 saturated carbocycles. The number of aliphatic carboxylic acids is 2. The van der Waals surface area contributed by atoms with Gasteiger partial charge in [0.05, 0.1) is 31.2 Å². The molecule has 109 heavy (non-hydrogen) atoms. The molecule has 0 amide bonds. The number of aromatic nitrogens is 1. The minimum Gasteiger partial charge on any atom is -0.480 e. The number of hydrogen-bond donors (Lipinski definition) is 26. The van der Waals surface area contributed by atoms with Crippen molar-refractivity contribution in [3.05, 3.63) is 29.6 Å². The Morgan fingerprint density at radius 2 is 0.688 bits per heavy atom. The van der Waals surface area contributed by atoms with Crippen LogP contribution in [0.4, 0.5) is 0 Å².